The van der Waals surface area contributed by atoms with Gasteiger partial charge < -0.3 is 11.1 Å². The highest BCUT2D eigenvalue weighted by Crippen LogP contribution is 2.26. The average Bonchev–Trinajstić information content (AvgIpc) is 2.41. The Morgan fingerprint density at radius 3 is 2.63 bits per heavy atom. The molecule has 0 bridgehead atoms. The number of nitrogens with two attached hydrogens (primary N) is 1. The van der Waals surface area contributed by atoms with E-state index < -0.39 is 0 Å². The van der Waals surface area contributed by atoms with Crippen molar-refractivity contribution in [3.63, 3.8) is 0 Å². The van der Waals surface area contributed by atoms with E-state index >= 15 is 0 Å². The van der Waals surface area contributed by atoms with E-state index in [9.17, 15) is 4.39 Å². The summed E-state index contributed by atoms with van der Waals surface area (Å²) in [5.74, 6) is -0.204. The molecule has 1 unspecified atom stereocenters. The number of hydrogen-bond acceptors (Lipinski definition) is 2. The zero-order valence-electron chi connectivity index (χ0n) is 10.7. The number of hydrogen-bond donors (Lipinski definition) is 2. The minimum Gasteiger partial charge on any atom is -0.376 e. The average molecular weight is 323 g/mol. The number of anilines is 1. The molecule has 0 radical (unpaired) electrons. The minimum atomic E-state index is -0.204. The molecule has 2 aromatic rings. The SMILES string of the molecule is Cc1ccc(C(CN)Nc2ccccc2Br)cc1F. The van der Waals surface area contributed by atoms with Gasteiger partial charge in [-0.15, -0.1) is 0 Å². The van der Waals surface area contributed by atoms with Gasteiger partial charge in [0.25, 0.3) is 0 Å². The van der Waals surface area contributed by atoms with Crippen LogP contribution in [0.4, 0.5) is 10.1 Å². The summed E-state index contributed by atoms with van der Waals surface area (Å²) < 4.78 is 14.6. The third-order valence-corrected chi connectivity index (χ3v) is 3.73. The number of benzene rings is 2. The van der Waals surface area contributed by atoms with Crippen molar-refractivity contribution < 1.29 is 4.39 Å². The van der Waals surface area contributed by atoms with E-state index in [2.05, 4.69) is 21.2 Å². The van der Waals surface area contributed by atoms with Crippen LogP contribution in [0.15, 0.2) is 46.9 Å². The summed E-state index contributed by atoms with van der Waals surface area (Å²) in [6.45, 7) is 2.14. The number of halogens is 2. The predicted octanol–water partition coefficient (Wildman–Crippen LogP) is 4.01. The van der Waals surface area contributed by atoms with Crippen LogP contribution in [0.1, 0.15) is 17.2 Å². The van der Waals surface area contributed by atoms with Crippen molar-refractivity contribution in [2.75, 3.05) is 11.9 Å². The molecule has 0 fully saturated rings. The van der Waals surface area contributed by atoms with Crippen molar-refractivity contribution >= 4 is 21.6 Å². The first-order valence-corrected chi connectivity index (χ1v) is 6.88. The fourth-order valence-electron chi connectivity index (χ4n) is 1.87. The molecule has 2 nitrogen and oxygen atoms in total. The van der Waals surface area contributed by atoms with Crippen LogP contribution in [0.25, 0.3) is 0 Å². The van der Waals surface area contributed by atoms with E-state index in [1.54, 1.807) is 13.0 Å². The summed E-state index contributed by atoms with van der Waals surface area (Å²) >= 11 is 3.48. The molecule has 0 heterocycles. The quantitative estimate of drug-likeness (QED) is 0.892. The lowest BCUT2D eigenvalue weighted by Gasteiger charge is -2.20. The number of nitrogens with one attached hydrogen (secondary N) is 1. The maximum Gasteiger partial charge on any atom is 0.126 e. The zero-order valence-corrected chi connectivity index (χ0v) is 12.2. The van der Waals surface area contributed by atoms with Gasteiger partial charge >= 0.3 is 0 Å². The predicted molar refractivity (Wildman–Crippen MR) is 80.7 cm³/mol. The maximum atomic E-state index is 13.6. The Morgan fingerprint density at radius 2 is 2.00 bits per heavy atom. The van der Waals surface area contributed by atoms with E-state index in [0.29, 0.717) is 12.1 Å². The van der Waals surface area contributed by atoms with Crippen LogP contribution in [-0.2, 0) is 0 Å². The Bertz CT molecular complexity index is 572. The Balaban J connectivity index is 2.25. The minimum absolute atomic E-state index is 0.117. The van der Waals surface area contributed by atoms with Gasteiger partial charge in [-0.25, -0.2) is 4.39 Å². The molecule has 0 aromatic heterocycles. The van der Waals surface area contributed by atoms with Gasteiger partial charge in [-0.3, -0.25) is 0 Å². The van der Waals surface area contributed by atoms with E-state index in [4.69, 9.17) is 5.73 Å². The Morgan fingerprint density at radius 1 is 1.26 bits per heavy atom. The molecule has 0 amide bonds. The molecule has 19 heavy (non-hydrogen) atoms. The van der Waals surface area contributed by atoms with Gasteiger partial charge in [0.15, 0.2) is 0 Å². The summed E-state index contributed by atoms with van der Waals surface area (Å²) in [7, 11) is 0. The van der Waals surface area contributed by atoms with Gasteiger partial charge in [-0.05, 0) is 52.2 Å². The second kappa shape index (κ2) is 6.17. The highest BCUT2D eigenvalue weighted by atomic mass is 79.9. The lowest BCUT2D eigenvalue weighted by molar-refractivity contribution is 0.613. The summed E-state index contributed by atoms with van der Waals surface area (Å²) in [5.41, 5.74) is 8.22. The van der Waals surface area contributed by atoms with E-state index in [1.807, 2.05) is 30.3 Å². The largest absolute Gasteiger partial charge is 0.376 e. The Kier molecular flexibility index (Phi) is 4.56. The van der Waals surface area contributed by atoms with Gasteiger partial charge in [-0.1, -0.05) is 24.3 Å². The highest BCUT2D eigenvalue weighted by Gasteiger charge is 2.12. The molecular weight excluding hydrogens is 307 g/mol. The summed E-state index contributed by atoms with van der Waals surface area (Å²) in [5, 5.41) is 3.32. The summed E-state index contributed by atoms with van der Waals surface area (Å²) in [6.07, 6.45) is 0. The Labute approximate surface area is 121 Å². The Hall–Kier alpha value is -1.39. The van der Waals surface area contributed by atoms with Crippen molar-refractivity contribution in [1.29, 1.82) is 0 Å². The molecule has 0 spiro atoms. The molecule has 3 N–H and O–H groups in total. The molecule has 100 valence electrons. The molecule has 2 aromatic carbocycles. The van der Waals surface area contributed by atoms with Crippen LogP contribution in [0.5, 0.6) is 0 Å². The van der Waals surface area contributed by atoms with Gasteiger partial charge in [0.1, 0.15) is 5.82 Å². The van der Waals surface area contributed by atoms with Crippen molar-refractivity contribution in [3.05, 3.63) is 63.9 Å². The van der Waals surface area contributed by atoms with Gasteiger partial charge in [0.05, 0.1) is 6.04 Å². The molecule has 4 heteroatoms. The lowest BCUT2D eigenvalue weighted by Crippen LogP contribution is -2.21. The number of para-hydroxylation sites is 1. The maximum absolute atomic E-state index is 13.6. The molecule has 0 saturated heterocycles. The van der Waals surface area contributed by atoms with Gasteiger partial charge in [0, 0.05) is 16.7 Å². The van der Waals surface area contributed by atoms with Gasteiger partial charge in [-0.2, -0.15) is 0 Å². The summed E-state index contributed by atoms with van der Waals surface area (Å²) in [6, 6.07) is 12.9. The second-order valence-electron chi connectivity index (χ2n) is 4.42. The van der Waals surface area contributed by atoms with Gasteiger partial charge in [0.2, 0.25) is 0 Å². The fraction of sp³-hybridized carbons (Fsp3) is 0.200. The molecule has 0 aliphatic carbocycles. The van der Waals surface area contributed by atoms with E-state index in [-0.39, 0.29) is 11.9 Å². The molecule has 0 aliphatic rings. The number of rotatable bonds is 4. The van der Waals surface area contributed by atoms with Crippen molar-refractivity contribution in [1.82, 2.24) is 0 Å². The molecule has 2 rings (SSSR count). The fourth-order valence-corrected chi connectivity index (χ4v) is 2.27. The monoisotopic (exact) mass is 322 g/mol. The first kappa shape index (κ1) is 14.0. The van der Waals surface area contributed by atoms with E-state index in [0.717, 1.165) is 15.7 Å². The number of aryl methyl sites for hydroxylation is 1. The molecule has 0 aliphatic heterocycles. The third kappa shape index (κ3) is 3.33. The lowest BCUT2D eigenvalue weighted by atomic mass is 10.0. The normalized spacial score (nSPS) is 12.2. The second-order valence-corrected chi connectivity index (χ2v) is 5.28. The van der Waals surface area contributed by atoms with Crippen LogP contribution in [0.3, 0.4) is 0 Å². The first-order chi connectivity index (χ1) is 9.11. The van der Waals surface area contributed by atoms with Crippen LogP contribution in [-0.4, -0.2) is 6.54 Å². The summed E-state index contributed by atoms with van der Waals surface area (Å²) in [4.78, 5) is 0. The molecule has 1 atom stereocenters. The zero-order chi connectivity index (χ0) is 13.8. The van der Waals surface area contributed by atoms with Crippen LogP contribution < -0.4 is 11.1 Å². The van der Waals surface area contributed by atoms with Crippen molar-refractivity contribution in [2.45, 2.75) is 13.0 Å². The van der Waals surface area contributed by atoms with E-state index in [1.165, 1.54) is 6.07 Å². The molecule has 0 saturated carbocycles. The van der Waals surface area contributed by atoms with Crippen molar-refractivity contribution in [3.8, 4) is 0 Å². The first-order valence-electron chi connectivity index (χ1n) is 6.09. The van der Waals surface area contributed by atoms with Crippen molar-refractivity contribution in [2.24, 2.45) is 5.73 Å². The van der Waals surface area contributed by atoms with Crippen LogP contribution in [0.2, 0.25) is 0 Å². The molecular formula is C15H16BrFN2. The standard InChI is InChI=1S/C15H16BrFN2/c1-10-6-7-11(8-13(10)17)15(9-18)19-14-5-3-2-4-12(14)16/h2-8,15,19H,9,18H2,1H3. The van der Waals surface area contributed by atoms with Crippen LogP contribution in [0, 0.1) is 12.7 Å². The topological polar surface area (TPSA) is 38.0 Å². The smallest absolute Gasteiger partial charge is 0.126 e. The third-order valence-electron chi connectivity index (χ3n) is 3.04. The van der Waals surface area contributed by atoms with Crippen LogP contribution >= 0.6 is 15.9 Å². The highest BCUT2D eigenvalue weighted by molar-refractivity contribution is 9.10.